The number of nitrogens with one attached hydrogen (secondary N) is 1. The molecule has 0 aromatic heterocycles. The van der Waals surface area contributed by atoms with E-state index < -0.39 is 0 Å². The number of amides is 1. The van der Waals surface area contributed by atoms with Gasteiger partial charge in [0.25, 0.3) is 0 Å². The lowest BCUT2D eigenvalue weighted by molar-refractivity contribution is -0.131. The second kappa shape index (κ2) is 6.84. The zero-order valence-corrected chi connectivity index (χ0v) is 12.2. The van der Waals surface area contributed by atoms with E-state index in [-0.39, 0.29) is 17.8 Å². The lowest BCUT2D eigenvalue weighted by Crippen LogP contribution is -2.43. The first-order valence-corrected chi connectivity index (χ1v) is 7.28. The molecular weight excluding hydrogens is 255 g/mol. The van der Waals surface area contributed by atoms with Crippen molar-refractivity contribution in [3.8, 4) is 0 Å². The van der Waals surface area contributed by atoms with Crippen LogP contribution in [-0.2, 0) is 11.3 Å². The van der Waals surface area contributed by atoms with Gasteiger partial charge in [0.1, 0.15) is 5.82 Å². The van der Waals surface area contributed by atoms with Crippen molar-refractivity contribution in [1.29, 1.82) is 0 Å². The Morgan fingerprint density at radius 1 is 1.50 bits per heavy atom. The summed E-state index contributed by atoms with van der Waals surface area (Å²) >= 11 is 0. The highest BCUT2D eigenvalue weighted by Crippen LogP contribution is 2.19. The SMILES string of the molecule is CC1CCCNC1CC(=O)N(C)Cc1cccc(F)c1. The molecule has 1 fully saturated rings. The van der Waals surface area contributed by atoms with Crippen molar-refractivity contribution >= 4 is 5.91 Å². The maximum Gasteiger partial charge on any atom is 0.224 e. The van der Waals surface area contributed by atoms with Crippen LogP contribution >= 0.6 is 0 Å². The van der Waals surface area contributed by atoms with Crippen molar-refractivity contribution < 1.29 is 9.18 Å². The summed E-state index contributed by atoms with van der Waals surface area (Å²) in [6, 6.07) is 6.68. The molecule has 1 saturated heterocycles. The van der Waals surface area contributed by atoms with E-state index in [1.54, 1.807) is 18.0 Å². The zero-order chi connectivity index (χ0) is 14.5. The summed E-state index contributed by atoms with van der Waals surface area (Å²) in [7, 11) is 1.78. The fraction of sp³-hybridized carbons (Fsp3) is 0.562. The van der Waals surface area contributed by atoms with Crippen LogP contribution < -0.4 is 5.32 Å². The molecule has 1 aliphatic heterocycles. The molecule has 2 rings (SSSR count). The monoisotopic (exact) mass is 278 g/mol. The molecule has 0 spiro atoms. The van der Waals surface area contributed by atoms with Crippen molar-refractivity contribution in [2.45, 2.75) is 38.8 Å². The van der Waals surface area contributed by atoms with Crippen LogP contribution in [0.1, 0.15) is 31.7 Å². The van der Waals surface area contributed by atoms with Crippen molar-refractivity contribution in [2.75, 3.05) is 13.6 Å². The molecule has 1 heterocycles. The van der Waals surface area contributed by atoms with E-state index in [9.17, 15) is 9.18 Å². The smallest absolute Gasteiger partial charge is 0.224 e. The third-order valence-corrected chi connectivity index (χ3v) is 4.06. The van der Waals surface area contributed by atoms with Gasteiger partial charge in [0.15, 0.2) is 0 Å². The minimum absolute atomic E-state index is 0.112. The van der Waals surface area contributed by atoms with Crippen LogP contribution in [-0.4, -0.2) is 30.4 Å². The number of benzene rings is 1. The summed E-state index contributed by atoms with van der Waals surface area (Å²) in [6.45, 7) is 3.64. The fourth-order valence-corrected chi connectivity index (χ4v) is 2.73. The number of carbonyl (C=O) groups is 1. The molecule has 1 aromatic rings. The highest BCUT2D eigenvalue weighted by Gasteiger charge is 2.24. The Hall–Kier alpha value is -1.42. The highest BCUT2D eigenvalue weighted by molar-refractivity contribution is 5.76. The van der Waals surface area contributed by atoms with Gasteiger partial charge in [-0.2, -0.15) is 0 Å². The average molecular weight is 278 g/mol. The van der Waals surface area contributed by atoms with Gasteiger partial charge in [-0.15, -0.1) is 0 Å². The van der Waals surface area contributed by atoms with Crippen LogP contribution in [0, 0.1) is 11.7 Å². The van der Waals surface area contributed by atoms with E-state index >= 15 is 0 Å². The lowest BCUT2D eigenvalue weighted by Gasteiger charge is -2.31. The topological polar surface area (TPSA) is 32.3 Å². The van der Waals surface area contributed by atoms with Gasteiger partial charge in [-0.1, -0.05) is 19.1 Å². The van der Waals surface area contributed by atoms with Crippen molar-refractivity contribution in [1.82, 2.24) is 10.2 Å². The van der Waals surface area contributed by atoms with Gasteiger partial charge in [0.05, 0.1) is 0 Å². The van der Waals surface area contributed by atoms with E-state index in [1.165, 1.54) is 25.0 Å². The predicted octanol–water partition coefficient (Wildman–Crippen LogP) is 2.56. The molecule has 2 atom stereocenters. The van der Waals surface area contributed by atoms with Gasteiger partial charge < -0.3 is 10.2 Å². The van der Waals surface area contributed by atoms with E-state index in [1.807, 2.05) is 6.07 Å². The number of hydrogen-bond acceptors (Lipinski definition) is 2. The number of piperidine rings is 1. The molecule has 1 N–H and O–H groups in total. The maximum absolute atomic E-state index is 13.1. The molecular formula is C16H23FN2O. The molecule has 3 nitrogen and oxygen atoms in total. The molecule has 20 heavy (non-hydrogen) atoms. The summed E-state index contributed by atoms with van der Waals surface area (Å²) in [5.74, 6) is 0.390. The summed E-state index contributed by atoms with van der Waals surface area (Å²) in [5, 5.41) is 3.42. The fourth-order valence-electron chi connectivity index (χ4n) is 2.73. The first-order chi connectivity index (χ1) is 9.56. The third-order valence-electron chi connectivity index (χ3n) is 4.06. The standard InChI is InChI=1S/C16H23FN2O/c1-12-5-4-8-18-15(12)10-16(20)19(2)11-13-6-3-7-14(17)9-13/h3,6-7,9,12,15,18H,4-5,8,10-11H2,1-2H3. The second-order valence-corrected chi connectivity index (χ2v) is 5.76. The number of carbonyl (C=O) groups excluding carboxylic acids is 1. The van der Waals surface area contributed by atoms with Gasteiger partial charge in [0.2, 0.25) is 5.91 Å². The van der Waals surface area contributed by atoms with Crippen LogP contribution in [0.3, 0.4) is 0 Å². The van der Waals surface area contributed by atoms with Crippen LogP contribution in [0.25, 0.3) is 0 Å². The number of nitrogens with zero attached hydrogens (tertiary/aromatic N) is 1. The van der Waals surface area contributed by atoms with E-state index in [4.69, 9.17) is 0 Å². The largest absolute Gasteiger partial charge is 0.341 e. The zero-order valence-electron chi connectivity index (χ0n) is 12.2. The molecule has 1 amide bonds. The molecule has 0 aliphatic carbocycles. The Balaban J connectivity index is 1.88. The highest BCUT2D eigenvalue weighted by atomic mass is 19.1. The quantitative estimate of drug-likeness (QED) is 0.918. The van der Waals surface area contributed by atoms with Crippen LogP contribution in [0.4, 0.5) is 4.39 Å². The van der Waals surface area contributed by atoms with Crippen LogP contribution in [0.15, 0.2) is 24.3 Å². The molecule has 0 bridgehead atoms. The van der Waals surface area contributed by atoms with Gasteiger partial charge in [0, 0.05) is 26.1 Å². The van der Waals surface area contributed by atoms with Gasteiger partial charge >= 0.3 is 0 Å². The Morgan fingerprint density at radius 2 is 2.30 bits per heavy atom. The first-order valence-electron chi connectivity index (χ1n) is 7.28. The Kier molecular flexibility index (Phi) is 5.12. The van der Waals surface area contributed by atoms with Crippen LogP contribution in [0.5, 0.6) is 0 Å². The van der Waals surface area contributed by atoms with Crippen molar-refractivity contribution in [3.05, 3.63) is 35.6 Å². The van der Waals surface area contributed by atoms with E-state index in [2.05, 4.69) is 12.2 Å². The maximum atomic E-state index is 13.1. The van der Waals surface area contributed by atoms with Gasteiger partial charge in [-0.3, -0.25) is 4.79 Å². The summed E-state index contributed by atoms with van der Waals surface area (Å²) in [6.07, 6.45) is 2.89. The number of hydrogen-bond donors (Lipinski definition) is 1. The van der Waals surface area contributed by atoms with Crippen LogP contribution in [0.2, 0.25) is 0 Å². The summed E-state index contributed by atoms with van der Waals surface area (Å²) in [5.41, 5.74) is 0.825. The normalized spacial score (nSPS) is 22.6. The Bertz CT molecular complexity index is 464. The van der Waals surface area contributed by atoms with E-state index in [0.29, 0.717) is 18.9 Å². The third kappa shape index (κ3) is 4.04. The predicted molar refractivity (Wildman–Crippen MR) is 77.7 cm³/mol. The first kappa shape index (κ1) is 15.0. The minimum Gasteiger partial charge on any atom is -0.341 e. The minimum atomic E-state index is -0.258. The van der Waals surface area contributed by atoms with E-state index in [0.717, 1.165) is 12.1 Å². The molecule has 110 valence electrons. The Morgan fingerprint density at radius 3 is 3.00 bits per heavy atom. The molecule has 4 heteroatoms. The van der Waals surface area contributed by atoms with Crippen molar-refractivity contribution in [3.63, 3.8) is 0 Å². The molecule has 0 saturated carbocycles. The van der Waals surface area contributed by atoms with Crippen molar-refractivity contribution in [2.24, 2.45) is 5.92 Å². The lowest BCUT2D eigenvalue weighted by atomic mass is 9.90. The summed E-state index contributed by atoms with van der Waals surface area (Å²) in [4.78, 5) is 13.9. The molecule has 1 aliphatic rings. The number of rotatable bonds is 4. The molecule has 2 unspecified atom stereocenters. The van der Waals surface area contributed by atoms with Gasteiger partial charge in [-0.25, -0.2) is 4.39 Å². The number of halogens is 1. The van der Waals surface area contributed by atoms with Gasteiger partial charge in [-0.05, 0) is 43.0 Å². The molecule has 0 radical (unpaired) electrons. The molecule has 1 aromatic carbocycles. The summed E-state index contributed by atoms with van der Waals surface area (Å²) < 4.78 is 13.1. The Labute approximate surface area is 120 Å². The second-order valence-electron chi connectivity index (χ2n) is 5.76. The average Bonchev–Trinajstić information content (AvgIpc) is 2.41.